The van der Waals surface area contributed by atoms with Gasteiger partial charge >= 0.3 is 0 Å². The second kappa shape index (κ2) is 5.85. The quantitative estimate of drug-likeness (QED) is 0.841. The summed E-state index contributed by atoms with van der Waals surface area (Å²) >= 11 is 1.80. The largest absolute Gasteiger partial charge is 0.313 e. The molecule has 1 atom stereocenters. The molecule has 0 bridgehead atoms. The summed E-state index contributed by atoms with van der Waals surface area (Å²) in [6.45, 7) is 0.980. The van der Waals surface area contributed by atoms with Gasteiger partial charge in [0.05, 0.1) is 0 Å². The Hall–Kier alpha value is -1.19. The normalized spacial score (nSPS) is 16.5. The van der Waals surface area contributed by atoms with E-state index in [0.29, 0.717) is 12.0 Å². The highest BCUT2D eigenvalue weighted by atomic mass is 32.1. The molecule has 0 radical (unpaired) electrons. The Bertz CT molecular complexity index is 502. The molecule has 3 rings (SSSR count). The van der Waals surface area contributed by atoms with Gasteiger partial charge in [0.15, 0.2) is 0 Å². The van der Waals surface area contributed by atoms with Crippen LogP contribution in [0, 0.1) is 5.82 Å². The summed E-state index contributed by atoms with van der Waals surface area (Å²) in [5, 5.41) is 5.71. The number of thiophene rings is 1. The molecular weight excluding hydrogens is 257 g/mol. The van der Waals surface area contributed by atoms with Gasteiger partial charge in [-0.1, -0.05) is 18.2 Å². The van der Waals surface area contributed by atoms with Crippen LogP contribution in [0.25, 0.3) is 0 Å². The fourth-order valence-electron chi connectivity index (χ4n) is 2.31. The highest BCUT2D eigenvalue weighted by molar-refractivity contribution is 7.09. The fourth-order valence-corrected chi connectivity index (χ4v) is 3.10. The lowest BCUT2D eigenvalue weighted by Crippen LogP contribution is -2.24. The van der Waals surface area contributed by atoms with Crippen LogP contribution < -0.4 is 5.32 Å². The van der Waals surface area contributed by atoms with Crippen LogP contribution >= 0.6 is 11.3 Å². The number of hydrogen-bond donors (Lipinski definition) is 1. The third kappa shape index (κ3) is 3.64. The van der Waals surface area contributed by atoms with Crippen LogP contribution in [0.3, 0.4) is 0 Å². The number of halogens is 1. The molecule has 1 unspecified atom stereocenters. The molecule has 1 heterocycles. The first-order valence-electron chi connectivity index (χ1n) is 6.82. The van der Waals surface area contributed by atoms with Crippen molar-refractivity contribution in [3.8, 4) is 0 Å². The van der Waals surface area contributed by atoms with Crippen LogP contribution in [0.2, 0.25) is 0 Å². The van der Waals surface area contributed by atoms with Gasteiger partial charge in [0.25, 0.3) is 0 Å². The van der Waals surface area contributed by atoms with Crippen LogP contribution in [-0.2, 0) is 6.42 Å². The molecule has 0 spiro atoms. The van der Waals surface area contributed by atoms with E-state index in [2.05, 4.69) is 22.8 Å². The maximum absolute atomic E-state index is 13.0. The lowest BCUT2D eigenvalue weighted by molar-refractivity contribution is 0.576. The molecule has 1 fully saturated rings. The van der Waals surface area contributed by atoms with Crippen LogP contribution in [0.4, 0.5) is 4.39 Å². The van der Waals surface area contributed by atoms with Gasteiger partial charge in [-0.05, 0) is 48.4 Å². The molecule has 3 heteroatoms. The summed E-state index contributed by atoms with van der Waals surface area (Å²) in [6, 6.07) is 12.0. The predicted molar refractivity (Wildman–Crippen MR) is 78.2 cm³/mol. The number of hydrogen-bond acceptors (Lipinski definition) is 2. The first-order valence-corrected chi connectivity index (χ1v) is 7.70. The highest BCUT2D eigenvalue weighted by Crippen LogP contribution is 2.25. The Balaban J connectivity index is 1.71. The van der Waals surface area contributed by atoms with E-state index in [4.69, 9.17) is 0 Å². The van der Waals surface area contributed by atoms with Crippen molar-refractivity contribution >= 4 is 11.3 Å². The Morgan fingerprint density at radius 2 is 2.00 bits per heavy atom. The fraction of sp³-hybridized carbons (Fsp3) is 0.375. The van der Waals surface area contributed by atoms with E-state index in [1.807, 2.05) is 12.1 Å². The molecule has 1 aromatic carbocycles. The first kappa shape index (κ1) is 12.8. The minimum absolute atomic E-state index is 0.159. The Labute approximate surface area is 117 Å². The molecule has 2 aromatic rings. The van der Waals surface area contributed by atoms with Gasteiger partial charge < -0.3 is 5.32 Å². The number of nitrogens with one attached hydrogen (secondary N) is 1. The van der Waals surface area contributed by atoms with Gasteiger partial charge in [-0.3, -0.25) is 0 Å². The Morgan fingerprint density at radius 1 is 1.21 bits per heavy atom. The van der Waals surface area contributed by atoms with Crippen LogP contribution in [0.15, 0.2) is 41.8 Å². The second-order valence-electron chi connectivity index (χ2n) is 5.21. The molecule has 1 aliphatic carbocycles. The van der Waals surface area contributed by atoms with Gasteiger partial charge in [0, 0.05) is 23.4 Å². The van der Waals surface area contributed by atoms with Crippen LogP contribution in [0.5, 0.6) is 0 Å². The summed E-state index contributed by atoms with van der Waals surface area (Å²) in [5.41, 5.74) is 1.22. The van der Waals surface area contributed by atoms with E-state index in [9.17, 15) is 4.39 Å². The average molecular weight is 275 g/mol. The number of rotatable bonds is 6. The van der Waals surface area contributed by atoms with Crippen molar-refractivity contribution in [1.29, 1.82) is 0 Å². The minimum Gasteiger partial charge on any atom is -0.313 e. The zero-order valence-corrected chi connectivity index (χ0v) is 11.6. The first-order chi connectivity index (χ1) is 9.31. The van der Waals surface area contributed by atoms with Crippen molar-refractivity contribution in [2.75, 3.05) is 6.54 Å². The molecule has 0 saturated heterocycles. The molecule has 100 valence electrons. The lowest BCUT2D eigenvalue weighted by Gasteiger charge is -2.17. The predicted octanol–water partition coefficient (Wildman–Crippen LogP) is 3.97. The van der Waals surface area contributed by atoms with E-state index in [0.717, 1.165) is 13.0 Å². The van der Waals surface area contributed by atoms with E-state index in [1.165, 1.54) is 23.3 Å². The third-order valence-electron chi connectivity index (χ3n) is 3.60. The molecule has 0 amide bonds. The van der Waals surface area contributed by atoms with Crippen molar-refractivity contribution in [3.05, 3.63) is 58.0 Å². The summed E-state index contributed by atoms with van der Waals surface area (Å²) in [6.07, 6.45) is 3.63. The monoisotopic (exact) mass is 275 g/mol. The Kier molecular flexibility index (Phi) is 3.95. The van der Waals surface area contributed by atoms with E-state index in [-0.39, 0.29) is 5.82 Å². The van der Waals surface area contributed by atoms with Crippen LogP contribution in [0.1, 0.15) is 29.2 Å². The summed E-state index contributed by atoms with van der Waals surface area (Å²) in [4.78, 5) is 1.40. The van der Waals surface area contributed by atoms with Gasteiger partial charge in [-0.25, -0.2) is 4.39 Å². The zero-order chi connectivity index (χ0) is 13.1. The molecule has 1 aliphatic rings. The van der Waals surface area contributed by atoms with E-state index < -0.39 is 0 Å². The zero-order valence-electron chi connectivity index (χ0n) is 10.8. The smallest absolute Gasteiger partial charge is 0.123 e. The average Bonchev–Trinajstić information content (AvgIpc) is 3.11. The topological polar surface area (TPSA) is 12.0 Å². The highest BCUT2D eigenvalue weighted by Gasteiger charge is 2.22. The third-order valence-corrected chi connectivity index (χ3v) is 4.50. The summed E-state index contributed by atoms with van der Waals surface area (Å²) in [7, 11) is 0. The maximum Gasteiger partial charge on any atom is 0.123 e. The lowest BCUT2D eigenvalue weighted by atomic mass is 9.95. The van der Waals surface area contributed by atoms with Crippen LogP contribution in [-0.4, -0.2) is 12.6 Å². The van der Waals surface area contributed by atoms with E-state index >= 15 is 0 Å². The Morgan fingerprint density at radius 3 is 2.63 bits per heavy atom. The van der Waals surface area contributed by atoms with Crippen molar-refractivity contribution in [2.24, 2.45) is 0 Å². The molecule has 19 heavy (non-hydrogen) atoms. The SMILES string of the molecule is Fc1ccc(C(CNC2CC2)Cc2cccs2)cc1. The summed E-state index contributed by atoms with van der Waals surface area (Å²) in [5.74, 6) is 0.272. The van der Waals surface area contributed by atoms with Gasteiger partial charge in [0.1, 0.15) is 5.82 Å². The van der Waals surface area contributed by atoms with Gasteiger partial charge in [0.2, 0.25) is 0 Å². The molecule has 1 saturated carbocycles. The maximum atomic E-state index is 13.0. The van der Waals surface area contributed by atoms with Gasteiger partial charge in [-0.15, -0.1) is 11.3 Å². The van der Waals surface area contributed by atoms with E-state index in [1.54, 1.807) is 23.5 Å². The molecule has 1 nitrogen and oxygen atoms in total. The number of benzene rings is 1. The summed E-state index contributed by atoms with van der Waals surface area (Å²) < 4.78 is 13.0. The van der Waals surface area contributed by atoms with Crippen molar-refractivity contribution in [1.82, 2.24) is 5.32 Å². The van der Waals surface area contributed by atoms with Crippen molar-refractivity contribution < 1.29 is 4.39 Å². The minimum atomic E-state index is -0.159. The molecule has 1 aromatic heterocycles. The van der Waals surface area contributed by atoms with Gasteiger partial charge in [-0.2, -0.15) is 0 Å². The molecular formula is C16H18FNS. The molecule has 0 aliphatic heterocycles. The van der Waals surface area contributed by atoms with Crippen molar-refractivity contribution in [3.63, 3.8) is 0 Å². The second-order valence-corrected chi connectivity index (χ2v) is 6.25. The molecule has 1 N–H and O–H groups in total. The standard InChI is InChI=1S/C16H18FNS/c17-14-5-3-12(4-6-14)13(11-18-15-7-8-15)10-16-2-1-9-19-16/h1-6,9,13,15,18H,7-8,10-11H2. The van der Waals surface area contributed by atoms with Crippen molar-refractivity contribution in [2.45, 2.75) is 31.2 Å².